The number of nitrogens with two attached hydrogens (primary N) is 1. The normalized spacial score (nSPS) is 21.3. The molecule has 1 saturated carbocycles. The van der Waals surface area contributed by atoms with E-state index in [2.05, 4.69) is 43.0 Å². The standard InChI is InChI=1S/C13H22N4/c1-7-9(14)15-8(2)16-10(7)17-11-12(3,4)13(11,5)6/h11H,1-6H3,(H3,14,15,16,17). The second kappa shape index (κ2) is 3.34. The van der Waals surface area contributed by atoms with E-state index in [0.717, 1.165) is 11.4 Å². The molecule has 4 heteroatoms. The van der Waals surface area contributed by atoms with Crippen LogP contribution in [-0.4, -0.2) is 16.0 Å². The largest absolute Gasteiger partial charge is 0.383 e. The Morgan fingerprint density at radius 3 is 2.06 bits per heavy atom. The molecule has 0 unspecified atom stereocenters. The van der Waals surface area contributed by atoms with Gasteiger partial charge >= 0.3 is 0 Å². The van der Waals surface area contributed by atoms with E-state index in [1.165, 1.54) is 0 Å². The summed E-state index contributed by atoms with van der Waals surface area (Å²) in [6, 6.07) is 0.433. The van der Waals surface area contributed by atoms with Crippen LogP contribution in [0.15, 0.2) is 0 Å². The molecule has 1 aromatic heterocycles. The Labute approximate surface area is 103 Å². The summed E-state index contributed by atoms with van der Waals surface area (Å²) in [5.74, 6) is 2.15. The molecule has 0 amide bonds. The topological polar surface area (TPSA) is 63.8 Å². The maximum Gasteiger partial charge on any atom is 0.135 e. The molecule has 1 heterocycles. The zero-order valence-corrected chi connectivity index (χ0v) is 11.5. The van der Waals surface area contributed by atoms with E-state index in [0.29, 0.717) is 17.7 Å². The molecule has 1 fully saturated rings. The van der Waals surface area contributed by atoms with Gasteiger partial charge in [0.1, 0.15) is 17.5 Å². The van der Waals surface area contributed by atoms with Gasteiger partial charge in [-0.2, -0.15) is 0 Å². The Bertz CT molecular complexity index is 449. The molecule has 2 rings (SSSR count). The van der Waals surface area contributed by atoms with Crippen molar-refractivity contribution in [2.45, 2.75) is 47.6 Å². The number of hydrogen-bond donors (Lipinski definition) is 2. The number of nitrogens with one attached hydrogen (secondary N) is 1. The third-order valence-electron chi connectivity index (χ3n) is 4.60. The molecule has 1 aliphatic carbocycles. The predicted molar refractivity (Wildman–Crippen MR) is 70.9 cm³/mol. The van der Waals surface area contributed by atoms with Crippen molar-refractivity contribution >= 4 is 11.6 Å². The van der Waals surface area contributed by atoms with Crippen LogP contribution in [0.5, 0.6) is 0 Å². The molecule has 1 aliphatic rings. The molecule has 0 aliphatic heterocycles. The van der Waals surface area contributed by atoms with Crippen molar-refractivity contribution in [3.8, 4) is 0 Å². The molecule has 0 saturated heterocycles. The maximum absolute atomic E-state index is 5.86. The Morgan fingerprint density at radius 1 is 1.06 bits per heavy atom. The zero-order valence-electron chi connectivity index (χ0n) is 11.5. The molecule has 17 heavy (non-hydrogen) atoms. The van der Waals surface area contributed by atoms with Gasteiger partial charge in [0.25, 0.3) is 0 Å². The van der Waals surface area contributed by atoms with Crippen molar-refractivity contribution in [3.63, 3.8) is 0 Å². The summed E-state index contributed by atoms with van der Waals surface area (Å²) in [6.45, 7) is 12.9. The van der Waals surface area contributed by atoms with Gasteiger partial charge in [0, 0.05) is 11.6 Å². The lowest BCUT2D eigenvalue weighted by Gasteiger charge is -2.12. The number of aromatic nitrogens is 2. The summed E-state index contributed by atoms with van der Waals surface area (Å²) in [6.07, 6.45) is 0. The van der Waals surface area contributed by atoms with E-state index in [1.54, 1.807) is 0 Å². The van der Waals surface area contributed by atoms with Gasteiger partial charge < -0.3 is 11.1 Å². The quantitative estimate of drug-likeness (QED) is 0.825. The minimum Gasteiger partial charge on any atom is -0.383 e. The summed E-state index contributed by atoms with van der Waals surface area (Å²) in [7, 11) is 0. The van der Waals surface area contributed by atoms with Gasteiger partial charge in [0.2, 0.25) is 0 Å². The molecule has 4 nitrogen and oxygen atoms in total. The van der Waals surface area contributed by atoms with Gasteiger partial charge in [-0.25, -0.2) is 9.97 Å². The maximum atomic E-state index is 5.86. The smallest absolute Gasteiger partial charge is 0.135 e. The SMILES string of the molecule is Cc1nc(N)c(C)c(NC2C(C)(C)C2(C)C)n1. The molecule has 0 radical (unpaired) electrons. The van der Waals surface area contributed by atoms with Gasteiger partial charge in [0.15, 0.2) is 0 Å². The van der Waals surface area contributed by atoms with Crippen LogP contribution in [0.4, 0.5) is 11.6 Å². The first-order valence-electron chi connectivity index (χ1n) is 6.05. The van der Waals surface area contributed by atoms with Crippen LogP contribution in [0.25, 0.3) is 0 Å². The molecular formula is C13H22N4. The van der Waals surface area contributed by atoms with E-state index < -0.39 is 0 Å². The number of rotatable bonds is 2. The lowest BCUT2D eigenvalue weighted by atomic mass is 10.0. The number of nitrogens with zero attached hydrogens (tertiary/aromatic N) is 2. The molecular weight excluding hydrogens is 212 g/mol. The minimum absolute atomic E-state index is 0.285. The number of aryl methyl sites for hydroxylation is 1. The van der Waals surface area contributed by atoms with Gasteiger partial charge in [0.05, 0.1) is 0 Å². The summed E-state index contributed by atoms with van der Waals surface area (Å²) in [5, 5.41) is 3.52. The Balaban J connectivity index is 2.27. The van der Waals surface area contributed by atoms with Gasteiger partial charge in [-0.05, 0) is 24.7 Å². The first kappa shape index (κ1) is 12.1. The Kier molecular flexibility index (Phi) is 2.39. The molecule has 94 valence electrons. The van der Waals surface area contributed by atoms with Crippen LogP contribution in [0.1, 0.15) is 39.1 Å². The van der Waals surface area contributed by atoms with E-state index in [9.17, 15) is 0 Å². The fourth-order valence-corrected chi connectivity index (χ4v) is 2.48. The van der Waals surface area contributed by atoms with E-state index in [1.807, 2.05) is 13.8 Å². The van der Waals surface area contributed by atoms with Crippen LogP contribution < -0.4 is 11.1 Å². The van der Waals surface area contributed by atoms with Crippen molar-refractivity contribution in [1.82, 2.24) is 9.97 Å². The van der Waals surface area contributed by atoms with Crippen molar-refractivity contribution in [1.29, 1.82) is 0 Å². The third kappa shape index (κ3) is 1.66. The molecule has 0 aromatic carbocycles. The highest BCUT2D eigenvalue weighted by molar-refractivity contribution is 5.56. The Morgan fingerprint density at radius 2 is 1.59 bits per heavy atom. The van der Waals surface area contributed by atoms with Crippen LogP contribution in [0.2, 0.25) is 0 Å². The first-order chi connectivity index (χ1) is 7.68. The summed E-state index contributed by atoms with van der Waals surface area (Å²) >= 11 is 0. The molecule has 0 spiro atoms. The first-order valence-corrected chi connectivity index (χ1v) is 6.05. The van der Waals surface area contributed by atoms with Crippen molar-refractivity contribution in [3.05, 3.63) is 11.4 Å². The van der Waals surface area contributed by atoms with Crippen molar-refractivity contribution in [2.24, 2.45) is 10.8 Å². The fourth-order valence-electron chi connectivity index (χ4n) is 2.48. The third-order valence-corrected chi connectivity index (χ3v) is 4.60. The number of nitrogen functional groups attached to an aromatic ring is 1. The highest BCUT2D eigenvalue weighted by Gasteiger charge is 2.65. The van der Waals surface area contributed by atoms with Crippen LogP contribution in [-0.2, 0) is 0 Å². The van der Waals surface area contributed by atoms with Gasteiger partial charge in [-0.15, -0.1) is 0 Å². The van der Waals surface area contributed by atoms with Crippen LogP contribution in [0, 0.1) is 24.7 Å². The molecule has 1 aromatic rings. The van der Waals surface area contributed by atoms with E-state index in [-0.39, 0.29) is 10.8 Å². The number of anilines is 2. The predicted octanol–water partition coefficient (Wildman–Crippen LogP) is 2.52. The zero-order chi connectivity index (χ0) is 13.0. The number of hydrogen-bond acceptors (Lipinski definition) is 4. The highest BCUT2D eigenvalue weighted by atomic mass is 15.1. The molecule has 0 bridgehead atoms. The van der Waals surface area contributed by atoms with Gasteiger partial charge in [-0.1, -0.05) is 27.7 Å². The highest BCUT2D eigenvalue weighted by Crippen LogP contribution is 2.63. The average Bonchev–Trinajstić information content (AvgIpc) is 2.56. The lowest BCUT2D eigenvalue weighted by Crippen LogP contribution is -2.14. The summed E-state index contributed by atoms with van der Waals surface area (Å²) < 4.78 is 0. The van der Waals surface area contributed by atoms with Crippen molar-refractivity contribution in [2.75, 3.05) is 11.1 Å². The summed E-state index contributed by atoms with van der Waals surface area (Å²) in [4.78, 5) is 8.60. The fraction of sp³-hybridized carbons (Fsp3) is 0.692. The lowest BCUT2D eigenvalue weighted by molar-refractivity contribution is 0.457. The van der Waals surface area contributed by atoms with E-state index in [4.69, 9.17) is 5.73 Å². The average molecular weight is 234 g/mol. The van der Waals surface area contributed by atoms with Crippen LogP contribution in [0.3, 0.4) is 0 Å². The second-order valence-corrected chi connectivity index (χ2v) is 6.15. The summed E-state index contributed by atoms with van der Waals surface area (Å²) in [5.41, 5.74) is 7.37. The molecule has 0 atom stereocenters. The van der Waals surface area contributed by atoms with E-state index >= 15 is 0 Å². The second-order valence-electron chi connectivity index (χ2n) is 6.15. The van der Waals surface area contributed by atoms with Crippen LogP contribution >= 0.6 is 0 Å². The minimum atomic E-state index is 0.285. The Hall–Kier alpha value is -1.32. The molecule has 3 N–H and O–H groups in total. The van der Waals surface area contributed by atoms with Gasteiger partial charge in [-0.3, -0.25) is 0 Å². The van der Waals surface area contributed by atoms with Crippen molar-refractivity contribution < 1.29 is 0 Å². The monoisotopic (exact) mass is 234 g/mol.